The number of aryl methyl sites for hydroxylation is 1. The highest BCUT2D eigenvalue weighted by atomic mass is 14.9. The van der Waals surface area contributed by atoms with Crippen molar-refractivity contribution < 1.29 is 0 Å². The second-order valence-corrected chi connectivity index (χ2v) is 13.0. The molecule has 0 amide bonds. The molecule has 0 spiro atoms. The van der Waals surface area contributed by atoms with E-state index in [1.54, 1.807) is 0 Å². The minimum Gasteiger partial charge on any atom is -0.228 e. The highest BCUT2D eigenvalue weighted by Gasteiger charge is 2.16. The summed E-state index contributed by atoms with van der Waals surface area (Å²) in [6.45, 7) is 2.21. The molecule has 0 fully saturated rings. The predicted octanol–water partition coefficient (Wildman–Crippen LogP) is 12.0. The molecule has 0 unspecified atom stereocenters. The number of fused-ring (bicyclic) bond motifs is 4. The zero-order valence-electron chi connectivity index (χ0n) is 28.3. The first kappa shape index (κ1) is 30.5. The van der Waals surface area contributed by atoms with E-state index < -0.39 is 0 Å². The fourth-order valence-corrected chi connectivity index (χ4v) is 7.06. The molecule has 9 rings (SSSR count). The van der Waals surface area contributed by atoms with Crippen molar-refractivity contribution in [1.29, 1.82) is 0 Å². The van der Waals surface area contributed by atoms with Crippen molar-refractivity contribution in [1.82, 2.24) is 19.9 Å². The topological polar surface area (TPSA) is 51.6 Å². The fourth-order valence-electron chi connectivity index (χ4n) is 7.06. The van der Waals surface area contributed by atoms with E-state index in [-0.39, 0.29) is 0 Å². The third kappa shape index (κ3) is 5.81. The van der Waals surface area contributed by atoms with Gasteiger partial charge in [0.25, 0.3) is 0 Å². The number of benzene rings is 7. The molecule has 2 aromatic heterocycles. The summed E-state index contributed by atoms with van der Waals surface area (Å²) in [6.07, 6.45) is 2.11. The Hall–Kier alpha value is -6.52. The summed E-state index contributed by atoms with van der Waals surface area (Å²) in [4.78, 5) is 20.7. The van der Waals surface area contributed by atoms with Crippen LogP contribution in [0.3, 0.4) is 0 Å². The van der Waals surface area contributed by atoms with Gasteiger partial charge in [-0.1, -0.05) is 159 Å². The molecule has 0 N–H and O–H groups in total. The average molecular weight is 655 g/mol. The summed E-state index contributed by atoms with van der Waals surface area (Å²) < 4.78 is 0. The van der Waals surface area contributed by atoms with Crippen LogP contribution in [0.4, 0.5) is 0 Å². The first-order valence-corrected chi connectivity index (χ1v) is 17.5. The molecule has 0 saturated carbocycles. The summed E-state index contributed by atoms with van der Waals surface area (Å²) in [5.41, 5.74) is 10.1. The standard InChI is InChI=1S/C47H34N4/c1-2-12-31-13-10-19-37(29-31)47-50-44(41-28-27-33-15-7-9-21-39(33)45(41)51-47)35-23-25-36(26-24-35)46-48-42(34-16-4-3-5-17-34)30-43(49-46)40-22-11-18-32-14-6-8-20-38(32)40/h3-11,13-30H,2,12H2,1H3. The van der Waals surface area contributed by atoms with Crippen LogP contribution in [0.2, 0.25) is 0 Å². The molecule has 9 aromatic rings. The Bertz CT molecular complexity index is 2690. The molecule has 0 aliphatic heterocycles. The quantitative estimate of drug-likeness (QED) is 0.161. The lowest BCUT2D eigenvalue weighted by atomic mass is 9.99. The second-order valence-electron chi connectivity index (χ2n) is 13.0. The van der Waals surface area contributed by atoms with E-state index in [9.17, 15) is 0 Å². The van der Waals surface area contributed by atoms with Gasteiger partial charge >= 0.3 is 0 Å². The minimum atomic E-state index is 0.679. The van der Waals surface area contributed by atoms with Crippen LogP contribution in [-0.2, 0) is 6.42 Å². The van der Waals surface area contributed by atoms with Crippen LogP contribution < -0.4 is 0 Å². The van der Waals surface area contributed by atoms with E-state index in [1.807, 2.05) is 18.2 Å². The van der Waals surface area contributed by atoms with Crippen LogP contribution in [0.25, 0.3) is 89.0 Å². The van der Waals surface area contributed by atoms with Gasteiger partial charge in [-0.25, -0.2) is 19.9 Å². The number of rotatable bonds is 7. The molecule has 0 bridgehead atoms. The van der Waals surface area contributed by atoms with Gasteiger partial charge in [-0.05, 0) is 46.3 Å². The predicted molar refractivity (Wildman–Crippen MR) is 211 cm³/mol. The highest BCUT2D eigenvalue weighted by molar-refractivity contribution is 6.09. The Balaban J connectivity index is 1.19. The van der Waals surface area contributed by atoms with Gasteiger partial charge < -0.3 is 0 Å². The largest absolute Gasteiger partial charge is 0.228 e. The van der Waals surface area contributed by atoms with Crippen molar-refractivity contribution in [2.45, 2.75) is 19.8 Å². The summed E-state index contributed by atoms with van der Waals surface area (Å²) in [6, 6.07) is 57.2. The van der Waals surface area contributed by atoms with Crippen molar-refractivity contribution in [3.63, 3.8) is 0 Å². The van der Waals surface area contributed by atoms with E-state index in [0.717, 1.165) is 85.2 Å². The smallest absolute Gasteiger partial charge is 0.160 e. The third-order valence-electron chi connectivity index (χ3n) is 9.59. The minimum absolute atomic E-state index is 0.679. The Morgan fingerprint density at radius 3 is 1.88 bits per heavy atom. The maximum absolute atomic E-state index is 5.25. The van der Waals surface area contributed by atoms with Gasteiger partial charge in [-0.3, -0.25) is 0 Å². The normalized spacial score (nSPS) is 11.4. The molecular formula is C47H34N4. The molecule has 2 heterocycles. The van der Waals surface area contributed by atoms with Gasteiger partial charge in [-0.15, -0.1) is 0 Å². The summed E-state index contributed by atoms with van der Waals surface area (Å²) in [7, 11) is 0. The fraction of sp³-hybridized carbons (Fsp3) is 0.0638. The lowest BCUT2D eigenvalue weighted by Gasteiger charge is -2.13. The number of hydrogen-bond donors (Lipinski definition) is 0. The number of nitrogens with zero attached hydrogens (tertiary/aromatic N) is 4. The van der Waals surface area contributed by atoms with Crippen LogP contribution in [0.5, 0.6) is 0 Å². The Labute approximate surface area is 297 Å². The van der Waals surface area contributed by atoms with Gasteiger partial charge in [-0.2, -0.15) is 0 Å². The zero-order chi connectivity index (χ0) is 34.1. The molecule has 242 valence electrons. The average Bonchev–Trinajstić information content (AvgIpc) is 3.20. The molecule has 0 saturated heterocycles. The van der Waals surface area contributed by atoms with Crippen molar-refractivity contribution in [2.24, 2.45) is 0 Å². The lowest BCUT2D eigenvalue weighted by Crippen LogP contribution is -1.98. The third-order valence-corrected chi connectivity index (χ3v) is 9.59. The van der Waals surface area contributed by atoms with E-state index in [2.05, 4.69) is 153 Å². The monoisotopic (exact) mass is 654 g/mol. The zero-order valence-corrected chi connectivity index (χ0v) is 28.3. The van der Waals surface area contributed by atoms with Crippen molar-refractivity contribution in [3.8, 4) is 56.5 Å². The van der Waals surface area contributed by atoms with Gasteiger partial charge in [0.15, 0.2) is 11.6 Å². The Morgan fingerprint density at radius 1 is 0.412 bits per heavy atom. The highest BCUT2D eigenvalue weighted by Crippen LogP contribution is 2.36. The van der Waals surface area contributed by atoms with E-state index in [1.165, 1.54) is 16.3 Å². The second kappa shape index (κ2) is 13.1. The summed E-state index contributed by atoms with van der Waals surface area (Å²) in [5.74, 6) is 1.41. The SMILES string of the molecule is CCCc1cccc(-c2nc(-c3ccc(-c4nc(-c5ccccc5)cc(-c5cccc6ccccc56)n4)cc3)c3ccc4ccccc4c3n2)c1. The first-order chi connectivity index (χ1) is 25.2. The van der Waals surface area contributed by atoms with Crippen LogP contribution in [0.15, 0.2) is 164 Å². The van der Waals surface area contributed by atoms with Crippen LogP contribution >= 0.6 is 0 Å². The van der Waals surface area contributed by atoms with Crippen LogP contribution in [0.1, 0.15) is 18.9 Å². The first-order valence-electron chi connectivity index (χ1n) is 17.5. The number of hydrogen-bond acceptors (Lipinski definition) is 4. The molecule has 4 heteroatoms. The van der Waals surface area contributed by atoms with Gasteiger partial charge in [0.2, 0.25) is 0 Å². The van der Waals surface area contributed by atoms with E-state index >= 15 is 0 Å². The molecule has 7 aromatic carbocycles. The summed E-state index contributed by atoms with van der Waals surface area (Å²) in [5, 5.41) is 5.65. The molecular weight excluding hydrogens is 621 g/mol. The van der Waals surface area contributed by atoms with Gasteiger partial charge in [0, 0.05) is 38.6 Å². The van der Waals surface area contributed by atoms with Crippen LogP contribution in [0, 0.1) is 0 Å². The molecule has 0 aliphatic rings. The molecule has 51 heavy (non-hydrogen) atoms. The molecule has 0 aliphatic carbocycles. The van der Waals surface area contributed by atoms with Gasteiger partial charge in [0.05, 0.1) is 22.6 Å². The summed E-state index contributed by atoms with van der Waals surface area (Å²) >= 11 is 0. The van der Waals surface area contributed by atoms with E-state index in [4.69, 9.17) is 19.9 Å². The Kier molecular flexibility index (Phi) is 7.82. The van der Waals surface area contributed by atoms with Crippen molar-refractivity contribution in [3.05, 3.63) is 169 Å². The van der Waals surface area contributed by atoms with Crippen molar-refractivity contribution in [2.75, 3.05) is 0 Å². The molecule has 0 atom stereocenters. The van der Waals surface area contributed by atoms with Gasteiger partial charge in [0.1, 0.15) is 0 Å². The number of aromatic nitrogens is 4. The molecule has 0 radical (unpaired) electrons. The van der Waals surface area contributed by atoms with E-state index in [0.29, 0.717) is 5.82 Å². The van der Waals surface area contributed by atoms with Crippen LogP contribution in [-0.4, -0.2) is 19.9 Å². The lowest BCUT2D eigenvalue weighted by molar-refractivity contribution is 0.922. The van der Waals surface area contributed by atoms with Crippen molar-refractivity contribution >= 4 is 32.4 Å². The Morgan fingerprint density at radius 2 is 1.06 bits per heavy atom. The maximum atomic E-state index is 5.25. The molecule has 4 nitrogen and oxygen atoms in total. The maximum Gasteiger partial charge on any atom is 0.160 e.